The van der Waals surface area contributed by atoms with Gasteiger partial charge in [-0.15, -0.1) is 11.3 Å². The molecule has 0 radical (unpaired) electrons. The molecule has 6 nitrogen and oxygen atoms in total. The highest BCUT2D eigenvalue weighted by Crippen LogP contribution is 2.28. The third-order valence-electron chi connectivity index (χ3n) is 5.05. The molecule has 0 spiro atoms. The molecule has 146 valence electrons. The summed E-state index contributed by atoms with van der Waals surface area (Å²) in [6, 6.07) is 12.4. The quantitative estimate of drug-likeness (QED) is 0.686. The topological polar surface area (TPSA) is 67.3 Å². The van der Waals surface area contributed by atoms with E-state index < -0.39 is 0 Å². The van der Waals surface area contributed by atoms with Crippen molar-refractivity contribution >= 4 is 34.0 Å². The fraction of sp³-hybridized carbons (Fsp3) is 0.381. The Morgan fingerprint density at radius 2 is 2.04 bits per heavy atom. The summed E-state index contributed by atoms with van der Waals surface area (Å²) < 4.78 is 5.01. The number of para-hydroxylation sites is 1. The molecule has 28 heavy (non-hydrogen) atoms. The van der Waals surface area contributed by atoms with Crippen molar-refractivity contribution in [1.82, 2.24) is 14.9 Å². The Balaban J connectivity index is 1.50. The van der Waals surface area contributed by atoms with Gasteiger partial charge in [-0.1, -0.05) is 18.2 Å². The molecular formula is C21H24N4O2S. The van der Waals surface area contributed by atoms with Crippen LogP contribution in [0.5, 0.6) is 0 Å². The third-order valence-corrected chi connectivity index (χ3v) is 5.92. The summed E-state index contributed by atoms with van der Waals surface area (Å²) in [6.07, 6.45) is 2.27. The average Bonchev–Trinajstić information content (AvgIpc) is 3.27. The number of rotatable bonds is 6. The minimum absolute atomic E-state index is 0.174. The van der Waals surface area contributed by atoms with Crippen molar-refractivity contribution in [3.63, 3.8) is 0 Å². The van der Waals surface area contributed by atoms with Gasteiger partial charge in [0, 0.05) is 31.6 Å². The summed E-state index contributed by atoms with van der Waals surface area (Å²) in [7, 11) is 1.62. The Hall–Kier alpha value is -2.51. The Bertz CT molecular complexity index is 937. The van der Waals surface area contributed by atoms with Gasteiger partial charge in [0.25, 0.3) is 0 Å². The molecule has 0 unspecified atom stereocenters. The summed E-state index contributed by atoms with van der Waals surface area (Å²) in [5.41, 5.74) is 0.940. The van der Waals surface area contributed by atoms with Crippen molar-refractivity contribution in [3.8, 4) is 10.7 Å². The zero-order chi connectivity index (χ0) is 19.3. The number of carbonyl (C=O) groups excluding carboxylic acids is 1. The van der Waals surface area contributed by atoms with Crippen LogP contribution >= 0.6 is 11.3 Å². The van der Waals surface area contributed by atoms with E-state index >= 15 is 0 Å². The first-order valence-electron chi connectivity index (χ1n) is 9.58. The van der Waals surface area contributed by atoms with E-state index in [1.165, 1.54) is 0 Å². The van der Waals surface area contributed by atoms with Gasteiger partial charge in [-0.3, -0.25) is 4.79 Å². The van der Waals surface area contributed by atoms with Crippen LogP contribution in [0.1, 0.15) is 19.3 Å². The minimum atomic E-state index is 0.174. The monoisotopic (exact) mass is 396 g/mol. The summed E-state index contributed by atoms with van der Waals surface area (Å²) in [5.74, 6) is 1.80. The lowest BCUT2D eigenvalue weighted by atomic mass is 10.0. The van der Waals surface area contributed by atoms with E-state index in [-0.39, 0.29) is 5.91 Å². The van der Waals surface area contributed by atoms with Gasteiger partial charge in [-0.2, -0.15) is 0 Å². The number of nitrogens with zero attached hydrogens (tertiary/aromatic N) is 3. The minimum Gasteiger partial charge on any atom is -0.384 e. The van der Waals surface area contributed by atoms with Crippen molar-refractivity contribution in [3.05, 3.63) is 41.8 Å². The molecule has 2 aromatic heterocycles. The molecule has 0 aliphatic carbocycles. The van der Waals surface area contributed by atoms with Crippen LogP contribution < -0.4 is 5.32 Å². The Labute approximate surface area is 168 Å². The fourth-order valence-corrected chi connectivity index (χ4v) is 4.17. The number of aromatic nitrogens is 2. The number of benzene rings is 1. The van der Waals surface area contributed by atoms with Crippen molar-refractivity contribution in [2.24, 2.45) is 0 Å². The zero-order valence-electron chi connectivity index (χ0n) is 15.9. The Morgan fingerprint density at radius 3 is 2.79 bits per heavy atom. The van der Waals surface area contributed by atoms with Crippen LogP contribution in [0.2, 0.25) is 0 Å². The molecule has 1 aliphatic heterocycles. The first kappa shape index (κ1) is 18.8. The normalized spacial score (nSPS) is 15.1. The summed E-state index contributed by atoms with van der Waals surface area (Å²) in [4.78, 5) is 24.7. The molecule has 1 fully saturated rings. The van der Waals surface area contributed by atoms with Crippen LogP contribution in [-0.4, -0.2) is 53.6 Å². The number of hydrogen-bond donors (Lipinski definition) is 1. The lowest BCUT2D eigenvalue weighted by Crippen LogP contribution is -2.42. The number of nitrogens with one attached hydrogen (secondary N) is 1. The van der Waals surface area contributed by atoms with Gasteiger partial charge >= 0.3 is 0 Å². The lowest BCUT2D eigenvalue weighted by Gasteiger charge is -2.33. The highest BCUT2D eigenvalue weighted by atomic mass is 32.1. The predicted octanol–water partition coefficient (Wildman–Crippen LogP) is 3.80. The van der Waals surface area contributed by atoms with Crippen LogP contribution in [0.4, 0.5) is 5.82 Å². The molecule has 1 aliphatic rings. The maximum Gasteiger partial charge on any atom is 0.224 e. The zero-order valence-corrected chi connectivity index (χ0v) is 16.7. The van der Waals surface area contributed by atoms with Crippen LogP contribution in [-0.2, 0) is 9.53 Å². The van der Waals surface area contributed by atoms with Gasteiger partial charge in [0.2, 0.25) is 5.91 Å². The van der Waals surface area contributed by atoms with E-state index in [4.69, 9.17) is 14.7 Å². The number of likely N-dealkylation sites (tertiary alicyclic amines) is 1. The smallest absolute Gasteiger partial charge is 0.224 e. The highest BCUT2D eigenvalue weighted by molar-refractivity contribution is 7.13. The van der Waals surface area contributed by atoms with E-state index in [2.05, 4.69) is 11.4 Å². The molecule has 0 atom stereocenters. The first-order chi connectivity index (χ1) is 13.7. The van der Waals surface area contributed by atoms with Crippen molar-refractivity contribution < 1.29 is 9.53 Å². The number of fused-ring (bicyclic) bond motifs is 1. The number of anilines is 1. The average molecular weight is 397 g/mol. The second-order valence-corrected chi connectivity index (χ2v) is 7.88. The van der Waals surface area contributed by atoms with E-state index in [1.54, 1.807) is 18.4 Å². The van der Waals surface area contributed by atoms with Gasteiger partial charge in [0.1, 0.15) is 5.82 Å². The maximum atomic E-state index is 12.2. The highest BCUT2D eigenvalue weighted by Gasteiger charge is 2.23. The predicted molar refractivity (Wildman–Crippen MR) is 113 cm³/mol. The molecule has 0 bridgehead atoms. The van der Waals surface area contributed by atoms with Crippen molar-refractivity contribution in [2.45, 2.75) is 25.3 Å². The molecule has 1 saturated heterocycles. The molecule has 4 rings (SSSR count). The van der Waals surface area contributed by atoms with Crippen molar-refractivity contribution in [2.75, 3.05) is 32.1 Å². The second-order valence-electron chi connectivity index (χ2n) is 6.93. The molecule has 1 aromatic carbocycles. The molecule has 1 N–H and O–H groups in total. The summed E-state index contributed by atoms with van der Waals surface area (Å²) >= 11 is 1.64. The summed E-state index contributed by atoms with van der Waals surface area (Å²) in [5, 5.41) is 6.69. The number of carbonyl (C=O) groups is 1. The van der Waals surface area contributed by atoms with E-state index in [0.29, 0.717) is 19.1 Å². The van der Waals surface area contributed by atoms with Crippen LogP contribution in [0, 0.1) is 0 Å². The van der Waals surface area contributed by atoms with Gasteiger partial charge in [-0.05, 0) is 36.4 Å². The molecule has 3 heterocycles. The van der Waals surface area contributed by atoms with Gasteiger partial charge in [0.15, 0.2) is 5.82 Å². The molecule has 3 aromatic rings. The standard InChI is InChI=1S/C21H24N4O2S/c1-27-13-10-19(26)25-11-8-15(9-12-25)22-20-16-5-2-3-6-17(16)23-21(24-20)18-7-4-14-28-18/h2-7,14-15H,8-13H2,1H3,(H,22,23,24). The number of ether oxygens (including phenoxy) is 1. The number of hydrogen-bond acceptors (Lipinski definition) is 6. The number of thiophene rings is 1. The van der Waals surface area contributed by atoms with Gasteiger partial charge in [-0.25, -0.2) is 9.97 Å². The largest absolute Gasteiger partial charge is 0.384 e. The number of methoxy groups -OCH3 is 1. The van der Waals surface area contributed by atoms with Crippen molar-refractivity contribution in [1.29, 1.82) is 0 Å². The van der Waals surface area contributed by atoms with Gasteiger partial charge in [0.05, 0.1) is 23.4 Å². The SMILES string of the molecule is COCCC(=O)N1CCC(Nc2nc(-c3cccs3)nc3ccccc23)CC1. The Kier molecular flexibility index (Phi) is 5.83. The Morgan fingerprint density at radius 1 is 1.21 bits per heavy atom. The van der Waals surface area contributed by atoms with Crippen LogP contribution in [0.15, 0.2) is 41.8 Å². The molecular weight excluding hydrogens is 372 g/mol. The lowest BCUT2D eigenvalue weighted by molar-refractivity contribution is -0.133. The second kappa shape index (κ2) is 8.67. The van der Waals surface area contributed by atoms with Crippen LogP contribution in [0.3, 0.4) is 0 Å². The third kappa shape index (κ3) is 4.15. The summed E-state index contributed by atoms with van der Waals surface area (Å²) in [6.45, 7) is 2.01. The van der Waals surface area contributed by atoms with E-state index in [0.717, 1.165) is 53.4 Å². The first-order valence-corrected chi connectivity index (χ1v) is 10.5. The fourth-order valence-electron chi connectivity index (χ4n) is 3.52. The van der Waals surface area contributed by atoms with Gasteiger partial charge < -0.3 is 15.0 Å². The van der Waals surface area contributed by atoms with E-state index in [9.17, 15) is 4.79 Å². The maximum absolute atomic E-state index is 12.2. The molecule has 1 amide bonds. The number of piperidine rings is 1. The number of amides is 1. The molecule has 0 saturated carbocycles. The van der Waals surface area contributed by atoms with Crippen LogP contribution in [0.25, 0.3) is 21.6 Å². The molecule has 7 heteroatoms. The van der Waals surface area contributed by atoms with E-state index in [1.807, 2.05) is 40.6 Å².